The Bertz CT molecular complexity index is 1040. The Hall–Kier alpha value is -3.87. The highest BCUT2D eigenvalue weighted by Gasteiger charge is 2.15. The highest BCUT2D eigenvalue weighted by molar-refractivity contribution is 6.01. The van der Waals surface area contributed by atoms with Crippen LogP contribution in [0.1, 0.15) is 21.5 Å². The van der Waals surface area contributed by atoms with E-state index < -0.39 is 0 Å². The van der Waals surface area contributed by atoms with Crippen LogP contribution in [0.5, 0.6) is 0 Å². The molecule has 31 heavy (non-hydrogen) atoms. The smallest absolute Gasteiger partial charge is 0.319 e. The van der Waals surface area contributed by atoms with E-state index in [1.54, 1.807) is 30.3 Å². The molecule has 0 aliphatic heterocycles. The van der Waals surface area contributed by atoms with Crippen molar-refractivity contribution in [1.82, 2.24) is 10.6 Å². The largest absolute Gasteiger partial charge is 0.377 e. The number of carbonyl (C=O) groups is 2. The molecular weight excluding hydrogens is 395 g/mol. The van der Waals surface area contributed by atoms with E-state index >= 15 is 0 Å². The number of amides is 3. The Balaban J connectivity index is 1.67. The van der Waals surface area contributed by atoms with E-state index in [4.69, 9.17) is 0 Å². The molecule has 0 fully saturated rings. The third-order valence-corrected chi connectivity index (χ3v) is 4.64. The van der Waals surface area contributed by atoms with Crippen LogP contribution in [-0.4, -0.2) is 26.0 Å². The van der Waals surface area contributed by atoms with Gasteiger partial charge in [-0.25, -0.2) is 9.18 Å². The van der Waals surface area contributed by atoms with E-state index in [0.717, 1.165) is 11.1 Å². The zero-order valence-electron chi connectivity index (χ0n) is 17.5. The summed E-state index contributed by atoms with van der Waals surface area (Å²) < 4.78 is 13.1. The predicted octanol–water partition coefficient (Wildman–Crippen LogP) is 4.14. The molecule has 0 unspecified atom stereocenters. The number of hydrogen-bond acceptors (Lipinski definition) is 3. The van der Waals surface area contributed by atoms with Crippen LogP contribution in [-0.2, 0) is 13.1 Å². The van der Waals surface area contributed by atoms with Crippen molar-refractivity contribution in [2.24, 2.45) is 0 Å². The maximum atomic E-state index is 13.1. The van der Waals surface area contributed by atoms with Crippen LogP contribution in [0.15, 0.2) is 72.8 Å². The van der Waals surface area contributed by atoms with Crippen molar-refractivity contribution in [3.05, 3.63) is 95.3 Å². The molecule has 3 N–H and O–H groups in total. The average Bonchev–Trinajstić information content (AvgIpc) is 2.77. The van der Waals surface area contributed by atoms with Crippen molar-refractivity contribution < 1.29 is 14.0 Å². The van der Waals surface area contributed by atoms with Crippen LogP contribution in [0.4, 0.5) is 20.6 Å². The molecule has 3 rings (SSSR count). The molecule has 7 heteroatoms. The molecule has 160 valence electrons. The maximum Gasteiger partial charge on any atom is 0.319 e. The van der Waals surface area contributed by atoms with Crippen LogP contribution < -0.4 is 20.9 Å². The molecule has 0 atom stereocenters. The Labute approximate surface area is 181 Å². The summed E-state index contributed by atoms with van der Waals surface area (Å²) in [5.74, 6) is -0.615. The summed E-state index contributed by atoms with van der Waals surface area (Å²) in [6.07, 6.45) is 0. The van der Waals surface area contributed by atoms with Crippen LogP contribution in [0.2, 0.25) is 0 Å². The minimum absolute atomic E-state index is 0.265. The molecule has 3 aromatic rings. The number of anilines is 2. The van der Waals surface area contributed by atoms with Crippen molar-refractivity contribution in [1.29, 1.82) is 0 Å². The van der Waals surface area contributed by atoms with Gasteiger partial charge in [0.2, 0.25) is 0 Å². The van der Waals surface area contributed by atoms with Gasteiger partial charge in [0.25, 0.3) is 5.91 Å². The lowest BCUT2D eigenvalue weighted by atomic mass is 10.1. The molecule has 0 saturated heterocycles. The van der Waals surface area contributed by atoms with Crippen LogP contribution >= 0.6 is 0 Å². The van der Waals surface area contributed by atoms with Crippen LogP contribution in [0, 0.1) is 5.82 Å². The number of carbonyl (C=O) groups excluding carboxylic acids is 2. The summed E-state index contributed by atoms with van der Waals surface area (Å²) in [6, 6.07) is 20.3. The van der Waals surface area contributed by atoms with Gasteiger partial charge in [-0.2, -0.15) is 0 Å². The fourth-order valence-corrected chi connectivity index (χ4v) is 3.02. The lowest BCUT2D eigenvalue weighted by Gasteiger charge is -2.19. The minimum Gasteiger partial charge on any atom is -0.377 e. The summed E-state index contributed by atoms with van der Waals surface area (Å²) in [5.41, 5.74) is 3.42. The van der Waals surface area contributed by atoms with E-state index in [0.29, 0.717) is 23.5 Å². The van der Waals surface area contributed by atoms with Gasteiger partial charge in [-0.05, 0) is 41.5 Å². The van der Waals surface area contributed by atoms with E-state index in [9.17, 15) is 14.0 Å². The molecule has 3 amide bonds. The zero-order valence-corrected chi connectivity index (χ0v) is 17.5. The van der Waals surface area contributed by atoms with Gasteiger partial charge in [0.15, 0.2) is 0 Å². The first-order valence-corrected chi connectivity index (χ1v) is 9.85. The molecule has 6 nitrogen and oxygen atoms in total. The van der Waals surface area contributed by atoms with E-state index in [-0.39, 0.29) is 24.3 Å². The SMILES string of the molecule is CN(C)c1ccc(NC(=O)NCc2ccccc2)cc1C(=O)NCc1ccc(F)cc1. The number of nitrogens with zero attached hydrogens (tertiary/aromatic N) is 1. The van der Waals surface area contributed by atoms with Gasteiger partial charge in [0.1, 0.15) is 5.82 Å². The second-order valence-corrected chi connectivity index (χ2v) is 7.23. The topological polar surface area (TPSA) is 73.5 Å². The minimum atomic E-state index is -0.362. The second kappa shape index (κ2) is 10.2. The zero-order chi connectivity index (χ0) is 22.2. The Morgan fingerprint density at radius 1 is 0.839 bits per heavy atom. The first-order valence-electron chi connectivity index (χ1n) is 9.85. The molecule has 0 saturated carbocycles. The quantitative estimate of drug-likeness (QED) is 0.538. The van der Waals surface area contributed by atoms with E-state index in [1.807, 2.05) is 49.3 Å². The molecule has 0 aliphatic carbocycles. The number of rotatable bonds is 7. The third kappa shape index (κ3) is 6.30. The lowest BCUT2D eigenvalue weighted by molar-refractivity contribution is 0.0951. The molecule has 0 bridgehead atoms. The van der Waals surface area contributed by atoms with E-state index in [1.165, 1.54) is 12.1 Å². The number of halogens is 1. The summed E-state index contributed by atoms with van der Waals surface area (Å²) in [6.45, 7) is 0.661. The average molecular weight is 420 g/mol. The van der Waals surface area contributed by atoms with Crippen molar-refractivity contribution >= 4 is 23.3 Å². The summed E-state index contributed by atoms with van der Waals surface area (Å²) in [5, 5.41) is 8.40. The van der Waals surface area contributed by atoms with Crippen molar-refractivity contribution in [2.75, 3.05) is 24.3 Å². The molecule has 0 aromatic heterocycles. The highest BCUT2D eigenvalue weighted by Crippen LogP contribution is 2.23. The van der Waals surface area contributed by atoms with Gasteiger partial charge in [-0.1, -0.05) is 42.5 Å². The standard InChI is InChI=1S/C24H25FN4O2/c1-29(2)22-13-12-20(28-24(31)27-16-17-6-4-3-5-7-17)14-21(22)23(30)26-15-18-8-10-19(25)11-9-18/h3-14H,15-16H2,1-2H3,(H,26,30)(H2,27,28,31). The predicted molar refractivity (Wildman–Crippen MR) is 121 cm³/mol. The van der Waals surface area contributed by atoms with Gasteiger partial charge in [-0.15, -0.1) is 0 Å². The fraction of sp³-hybridized carbons (Fsp3) is 0.167. The molecule has 0 heterocycles. The number of hydrogen-bond donors (Lipinski definition) is 3. The molecule has 3 aromatic carbocycles. The van der Waals surface area contributed by atoms with E-state index in [2.05, 4.69) is 16.0 Å². The first kappa shape index (κ1) is 21.8. The molecule has 0 radical (unpaired) electrons. The Kier molecular flexibility index (Phi) is 7.22. The fourth-order valence-electron chi connectivity index (χ4n) is 3.02. The molecule has 0 aliphatic rings. The van der Waals surface area contributed by atoms with Crippen molar-refractivity contribution in [2.45, 2.75) is 13.1 Å². The van der Waals surface area contributed by atoms with Crippen molar-refractivity contribution in [3.8, 4) is 0 Å². The maximum absolute atomic E-state index is 13.1. The second-order valence-electron chi connectivity index (χ2n) is 7.23. The Morgan fingerprint density at radius 3 is 2.16 bits per heavy atom. The van der Waals surface area contributed by atoms with Crippen LogP contribution in [0.3, 0.4) is 0 Å². The van der Waals surface area contributed by atoms with Crippen molar-refractivity contribution in [3.63, 3.8) is 0 Å². The summed E-state index contributed by atoms with van der Waals surface area (Å²) >= 11 is 0. The first-order chi connectivity index (χ1) is 14.9. The normalized spacial score (nSPS) is 10.3. The summed E-state index contributed by atoms with van der Waals surface area (Å²) in [4.78, 5) is 26.9. The highest BCUT2D eigenvalue weighted by atomic mass is 19.1. The lowest BCUT2D eigenvalue weighted by Crippen LogP contribution is -2.29. The number of benzene rings is 3. The number of nitrogens with one attached hydrogen (secondary N) is 3. The van der Waals surface area contributed by atoms with Gasteiger partial charge in [0, 0.05) is 38.6 Å². The van der Waals surface area contributed by atoms with Crippen LogP contribution in [0.25, 0.3) is 0 Å². The Morgan fingerprint density at radius 2 is 1.48 bits per heavy atom. The van der Waals surface area contributed by atoms with Gasteiger partial charge in [-0.3, -0.25) is 4.79 Å². The van der Waals surface area contributed by atoms with Gasteiger partial charge < -0.3 is 20.9 Å². The molecular formula is C24H25FN4O2. The third-order valence-electron chi connectivity index (χ3n) is 4.64. The summed E-state index contributed by atoms with van der Waals surface area (Å²) in [7, 11) is 3.68. The van der Waals surface area contributed by atoms with Gasteiger partial charge >= 0.3 is 6.03 Å². The molecule has 0 spiro atoms. The van der Waals surface area contributed by atoms with Gasteiger partial charge in [0.05, 0.1) is 5.56 Å². The monoisotopic (exact) mass is 420 g/mol. The number of urea groups is 1.